The van der Waals surface area contributed by atoms with Crippen LogP contribution in [0.15, 0.2) is 5.10 Å². The second-order valence-electron chi connectivity index (χ2n) is 3.92. The van der Waals surface area contributed by atoms with Crippen molar-refractivity contribution in [3.05, 3.63) is 0 Å². The molecule has 4 heteroatoms. The Balaban J connectivity index is 2.91. The number of nitrogens with zero attached hydrogens (tertiary/aromatic N) is 2. The van der Waals surface area contributed by atoms with E-state index >= 15 is 0 Å². The van der Waals surface area contributed by atoms with Gasteiger partial charge in [0, 0.05) is 0 Å². The Kier molecular flexibility index (Phi) is 2.29. The normalized spacial score (nSPS) is 24.8. The lowest BCUT2D eigenvalue weighted by atomic mass is 10.1. The van der Waals surface area contributed by atoms with Gasteiger partial charge in [0.2, 0.25) is 0 Å². The summed E-state index contributed by atoms with van der Waals surface area (Å²) in [6.45, 7) is 7.75. The molecule has 68 valence electrons. The van der Waals surface area contributed by atoms with Crippen LogP contribution in [0.3, 0.4) is 0 Å². The molecule has 1 amide bonds. The van der Waals surface area contributed by atoms with E-state index < -0.39 is 0 Å². The number of carbonyl (C=O) groups excluding carboxylic acids is 1. The van der Waals surface area contributed by atoms with Gasteiger partial charge in [0.25, 0.3) is 5.91 Å². The highest BCUT2D eigenvalue weighted by molar-refractivity contribution is 9.10. The van der Waals surface area contributed by atoms with Crippen LogP contribution in [0, 0.1) is 0 Å². The number of hydrogen-bond donors (Lipinski definition) is 0. The summed E-state index contributed by atoms with van der Waals surface area (Å²) < 4.78 is 0. The lowest BCUT2D eigenvalue weighted by molar-refractivity contribution is -0.132. The van der Waals surface area contributed by atoms with Gasteiger partial charge in [0.05, 0.1) is 11.3 Å². The Labute approximate surface area is 80.9 Å². The van der Waals surface area contributed by atoms with E-state index in [0.29, 0.717) is 0 Å². The van der Waals surface area contributed by atoms with E-state index in [2.05, 4.69) is 21.0 Å². The third-order valence-corrected chi connectivity index (χ3v) is 2.74. The van der Waals surface area contributed by atoms with Crippen LogP contribution < -0.4 is 0 Å². The molecule has 0 aromatic carbocycles. The van der Waals surface area contributed by atoms with Gasteiger partial charge in [-0.2, -0.15) is 5.10 Å². The van der Waals surface area contributed by atoms with Crippen LogP contribution in [0.25, 0.3) is 0 Å². The minimum absolute atomic E-state index is 0.0278. The summed E-state index contributed by atoms with van der Waals surface area (Å²) in [7, 11) is 0. The van der Waals surface area contributed by atoms with E-state index in [1.807, 2.05) is 27.7 Å². The summed E-state index contributed by atoms with van der Waals surface area (Å²) in [5.41, 5.74) is 0.607. The van der Waals surface area contributed by atoms with Gasteiger partial charge in [0.1, 0.15) is 4.83 Å². The zero-order valence-electron chi connectivity index (χ0n) is 7.76. The zero-order chi connectivity index (χ0) is 9.52. The van der Waals surface area contributed by atoms with Crippen LogP contribution in [-0.2, 0) is 4.79 Å². The molecule has 0 saturated carbocycles. The minimum Gasteiger partial charge on any atom is -0.271 e. The van der Waals surface area contributed by atoms with Crippen molar-refractivity contribution in [3.63, 3.8) is 0 Å². The fourth-order valence-corrected chi connectivity index (χ4v) is 1.31. The first kappa shape index (κ1) is 9.71. The molecular formula is C8H13BrN2O. The smallest absolute Gasteiger partial charge is 0.262 e. The first-order valence-electron chi connectivity index (χ1n) is 3.87. The standard InChI is InChI=1S/C8H13BrN2O/c1-5-6(9)7(12)11(10-5)8(2,3)4/h6H,1-4H3. The number of hydrogen-bond acceptors (Lipinski definition) is 2. The molecule has 0 spiro atoms. The molecule has 0 radical (unpaired) electrons. The third-order valence-electron chi connectivity index (χ3n) is 1.69. The second kappa shape index (κ2) is 2.83. The van der Waals surface area contributed by atoms with Crippen molar-refractivity contribution in [1.29, 1.82) is 0 Å². The topological polar surface area (TPSA) is 32.7 Å². The number of halogens is 1. The van der Waals surface area contributed by atoms with Crippen LogP contribution >= 0.6 is 15.9 Å². The van der Waals surface area contributed by atoms with Crippen molar-refractivity contribution in [3.8, 4) is 0 Å². The molecule has 1 aliphatic heterocycles. The number of alkyl halides is 1. The summed E-state index contributed by atoms with van der Waals surface area (Å²) in [5.74, 6) is 0.0278. The van der Waals surface area contributed by atoms with Crippen molar-refractivity contribution in [2.75, 3.05) is 0 Å². The number of carbonyl (C=O) groups is 1. The Morgan fingerprint density at radius 2 is 2.00 bits per heavy atom. The van der Waals surface area contributed by atoms with Gasteiger partial charge in [-0.1, -0.05) is 15.9 Å². The molecular weight excluding hydrogens is 220 g/mol. The van der Waals surface area contributed by atoms with Crippen molar-refractivity contribution in [1.82, 2.24) is 5.01 Å². The maximum absolute atomic E-state index is 11.5. The van der Waals surface area contributed by atoms with Gasteiger partial charge in [-0.05, 0) is 27.7 Å². The minimum atomic E-state index is -0.225. The lowest BCUT2D eigenvalue weighted by Gasteiger charge is -2.27. The number of hydrazone groups is 1. The molecule has 0 aromatic rings. The first-order valence-corrected chi connectivity index (χ1v) is 4.79. The predicted octanol–water partition coefficient (Wildman–Crippen LogP) is 1.77. The molecule has 1 unspecified atom stereocenters. The van der Waals surface area contributed by atoms with Crippen molar-refractivity contribution in [2.24, 2.45) is 5.10 Å². The first-order chi connectivity index (χ1) is 5.34. The van der Waals surface area contributed by atoms with Gasteiger partial charge >= 0.3 is 0 Å². The maximum atomic E-state index is 11.5. The summed E-state index contributed by atoms with van der Waals surface area (Å²) in [6, 6.07) is 0. The highest BCUT2D eigenvalue weighted by Gasteiger charge is 2.37. The van der Waals surface area contributed by atoms with Crippen LogP contribution in [0.1, 0.15) is 27.7 Å². The van der Waals surface area contributed by atoms with Gasteiger partial charge in [-0.15, -0.1) is 0 Å². The zero-order valence-corrected chi connectivity index (χ0v) is 9.34. The Bertz CT molecular complexity index is 242. The van der Waals surface area contributed by atoms with E-state index in [-0.39, 0.29) is 16.3 Å². The molecule has 3 nitrogen and oxygen atoms in total. The van der Waals surface area contributed by atoms with Crippen LogP contribution in [0.4, 0.5) is 0 Å². The Hall–Kier alpha value is -0.380. The van der Waals surface area contributed by atoms with Crippen LogP contribution in [0.5, 0.6) is 0 Å². The van der Waals surface area contributed by atoms with Gasteiger partial charge in [0.15, 0.2) is 0 Å². The van der Waals surface area contributed by atoms with Crippen LogP contribution in [0.2, 0.25) is 0 Å². The van der Waals surface area contributed by atoms with Crippen molar-refractivity contribution >= 4 is 27.5 Å². The van der Waals surface area contributed by atoms with Gasteiger partial charge < -0.3 is 0 Å². The van der Waals surface area contributed by atoms with Gasteiger partial charge in [-0.3, -0.25) is 4.79 Å². The molecule has 0 saturated heterocycles. The van der Waals surface area contributed by atoms with Crippen LogP contribution in [-0.4, -0.2) is 27.0 Å². The molecule has 0 N–H and O–H groups in total. The molecule has 0 aromatic heterocycles. The molecule has 12 heavy (non-hydrogen) atoms. The summed E-state index contributed by atoms with van der Waals surface area (Å²) in [5, 5.41) is 5.70. The van der Waals surface area contributed by atoms with Crippen molar-refractivity contribution in [2.45, 2.75) is 38.1 Å². The molecule has 0 aliphatic carbocycles. The van der Waals surface area contributed by atoms with Crippen molar-refractivity contribution < 1.29 is 4.79 Å². The molecule has 1 heterocycles. The third kappa shape index (κ3) is 1.53. The summed E-state index contributed by atoms with van der Waals surface area (Å²) in [6.07, 6.45) is 0. The monoisotopic (exact) mass is 232 g/mol. The SMILES string of the molecule is CC1=NN(C(C)(C)C)C(=O)C1Br. The van der Waals surface area contributed by atoms with E-state index in [9.17, 15) is 4.79 Å². The van der Waals surface area contributed by atoms with E-state index in [4.69, 9.17) is 0 Å². The van der Waals surface area contributed by atoms with E-state index in [0.717, 1.165) is 5.71 Å². The van der Waals surface area contributed by atoms with E-state index in [1.54, 1.807) is 0 Å². The molecule has 1 rings (SSSR count). The van der Waals surface area contributed by atoms with E-state index in [1.165, 1.54) is 5.01 Å². The molecule has 0 bridgehead atoms. The Morgan fingerprint density at radius 3 is 2.17 bits per heavy atom. The fourth-order valence-electron chi connectivity index (χ4n) is 1.02. The fraction of sp³-hybridized carbons (Fsp3) is 0.750. The van der Waals surface area contributed by atoms with Gasteiger partial charge in [-0.25, -0.2) is 5.01 Å². The highest BCUT2D eigenvalue weighted by Crippen LogP contribution is 2.24. The average molecular weight is 233 g/mol. The lowest BCUT2D eigenvalue weighted by Crippen LogP contribution is -2.41. The molecule has 0 fully saturated rings. The highest BCUT2D eigenvalue weighted by atomic mass is 79.9. The maximum Gasteiger partial charge on any atom is 0.262 e. The molecule has 1 atom stereocenters. The summed E-state index contributed by atoms with van der Waals surface area (Å²) >= 11 is 3.28. The number of amides is 1. The predicted molar refractivity (Wildman–Crippen MR) is 52.4 cm³/mol. The molecule has 1 aliphatic rings. The summed E-state index contributed by atoms with van der Waals surface area (Å²) in [4.78, 5) is 11.3. The largest absolute Gasteiger partial charge is 0.271 e. The quantitative estimate of drug-likeness (QED) is 0.587. The average Bonchev–Trinajstić information content (AvgIpc) is 2.15. The number of rotatable bonds is 0. The Morgan fingerprint density at radius 1 is 1.50 bits per heavy atom. The second-order valence-corrected chi connectivity index (χ2v) is 4.84.